The SMILES string of the molecule is CN(C)C=Cc1c([N+](=O)[O-])cc(F)c(Oc2ccc(F)c(C#N)c2)c1Br. The van der Waals surface area contributed by atoms with Gasteiger partial charge in [0.15, 0.2) is 11.6 Å². The van der Waals surface area contributed by atoms with E-state index >= 15 is 0 Å². The van der Waals surface area contributed by atoms with Gasteiger partial charge in [-0.15, -0.1) is 0 Å². The lowest BCUT2D eigenvalue weighted by atomic mass is 10.1. The van der Waals surface area contributed by atoms with Gasteiger partial charge in [0, 0.05) is 20.2 Å². The maximum absolute atomic E-state index is 14.4. The fourth-order valence-electron chi connectivity index (χ4n) is 2.00. The molecule has 0 fully saturated rings. The van der Waals surface area contributed by atoms with Crippen molar-refractivity contribution in [2.75, 3.05) is 14.1 Å². The fraction of sp³-hybridized carbons (Fsp3) is 0.118. The molecule has 2 aromatic carbocycles. The zero-order valence-corrected chi connectivity index (χ0v) is 15.3. The summed E-state index contributed by atoms with van der Waals surface area (Å²) >= 11 is 3.13. The Morgan fingerprint density at radius 1 is 1.31 bits per heavy atom. The third kappa shape index (κ3) is 4.15. The van der Waals surface area contributed by atoms with Crippen LogP contribution in [0.4, 0.5) is 14.5 Å². The molecule has 26 heavy (non-hydrogen) atoms. The topological polar surface area (TPSA) is 79.4 Å². The minimum Gasteiger partial charge on any atom is -0.453 e. The zero-order valence-electron chi connectivity index (χ0n) is 13.7. The Labute approximate surface area is 156 Å². The van der Waals surface area contributed by atoms with E-state index in [1.165, 1.54) is 12.1 Å². The van der Waals surface area contributed by atoms with E-state index < -0.39 is 22.2 Å². The number of nitro benzene ring substituents is 1. The molecule has 2 aromatic rings. The van der Waals surface area contributed by atoms with Crippen molar-refractivity contribution in [3.05, 3.63) is 67.8 Å². The second-order valence-electron chi connectivity index (χ2n) is 5.33. The number of benzene rings is 2. The molecule has 0 saturated heterocycles. The third-order valence-electron chi connectivity index (χ3n) is 3.21. The summed E-state index contributed by atoms with van der Waals surface area (Å²) in [5.41, 5.74) is -0.618. The quantitative estimate of drug-likeness (QED) is 0.508. The average Bonchev–Trinajstić information content (AvgIpc) is 2.58. The third-order valence-corrected chi connectivity index (χ3v) is 3.99. The minimum atomic E-state index is -0.978. The van der Waals surface area contributed by atoms with Crippen molar-refractivity contribution in [1.29, 1.82) is 5.26 Å². The summed E-state index contributed by atoms with van der Waals surface area (Å²) in [7, 11) is 3.44. The zero-order chi connectivity index (χ0) is 19.4. The predicted molar refractivity (Wildman–Crippen MR) is 94.7 cm³/mol. The van der Waals surface area contributed by atoms with Crippen LogP contribution in [0.25, 0.3) is 6.08 Å². The van der Waals surface area contributed by atoms with E-state index in [-0.39, 0.29) is 27.1 Å². The number of halogens is 3. The van der Waals surface area contributed by atoms with Crippen molar-refractivity contribution in [3.8, 4) is 17.6 Å². The standard InChI is InChI=1S/C17H12BrF2N3O3/c1-22(2)6-5-12-15(23(24)25)8-14(20)17(16(12)18)26-11-3-4-13(19)10(7-11)9-21/h3-8H,1-2H3. The number of rotatable bonds is 5. The lowest BCUT2D eigenvalue weighted by molar-refractivity contribution is -0.385. The molecule has 0 radical (unpaired) electrons. The molecule has 0 atom stereocenters. The first kappa shape index (κ1) is 19.3. The number of ether oxygens (including phenoxy) is 1. The van der Waals surface area contributed by atoms with Crippen LogP contribution in [0.1, 0.15) is 11.1 Å². The van der Waals surface area contributed by atoms with Gasteiger partial charge in [0.2, 0.25) is 0 Å². The van der Waals surface area contributed by atoms with E-state index in [0.717, 1.165) is 18.2 Å². The largest absolute Gasteiger partial charge is 0.453 e. The molecule has 6 nitrogen and oxygen atoms in total. The molecular formula is C17H12BrF2N3O3. The molecule has 134 valence electrons. The smallest absolute Gasteiger partial charge is 0.280 e. The summed E-state index contributed by atoms with van der Waals surface area (Å²) in [5.74, 6) is -2.02. The summed E-state index contributed by atoms with van der Waals surface area (Å²) < 4.78 is 33.2. The summed E-state index contributed by atoms with van der Waals surface area (Å²) in [5, 5.41) is 20.1. The van der Waals surface area contributed by atoms with Gasteiger partial charge in [0.25, 0.3) is 5.69 Å². The number of nitrogens with zero attached hydrogens (tertiary/aromatic N) is 3. The summed E-state index contributed by atoms with van der Waals surface area (Å²) in [6.45, 7) is 0. The van der Waals surface area contributed by atoms with E-state index in [1.807, 2.05) is 0 Å². The minimum absolute atomic E-state index is 0.0129. The number of nitro groups is 1. The van der Waals surface area contributed by atoms with E-state index in [0.29, 0.717) is 0 Å². The molecule has 0 amide bonds. The molecule has 0 unspecified atom stereocenters. The highest BCUT2D eigenvalue weighted by Crippen LogP contribution is 2.40. The normalized spacial score (nSPS) is 10.6. The Morgan fingerprint density at radius 3 is 2.58 bits per heavy atom. The van der Waals surface area contributed by atoms with Crippen LogP contribution in [0, 0.1) is 33.1 Å². The van der Waals surface area contributed by atoms with Crippen LogP contribution < -0.4 is 4.74 Å². The maximum Gasteiger partial charge on any atom is 0.280 e. The first-order valence-electron chi connectivity index (χ1n) is 7.13. The highest BCUT2D eigenvalue weighted by Gasteiger charge is 2.24. The van der Waals surface area contributed by atoms with Crippen LogP contribution in [-0.4, -0.2) is 23.9 Å². The van der Waals surface area contributed by atoms with Crippen molar-refractivity contribution >= 4 is 27.7 Å². The lowest BCUT2D eigenvalue weighted by Gasteiger charge is -2.12. The Balaban J connectivity index is 2.57. The molecule has 9 heteroatoms. The molecule has 0 heterocycles. The number of hydrogen-bond donors (Lipinski definition) is 0. The van der Waals surface area contributed by atoms with Gasteiger partial charge in [-0.1, -0.05) is 0 Å². The highest BCUT2D eigenvalue weighted by molar-refractivity contribution is 9.10. The van der Waals surface area contributed by atoms with Gasteiger partial charge in [-0.3, -0.25) is 10.1 Å². The predicted octanol–water partition coefficient (Wildman–Crippen LogP) is 4.83. The number of nitriles is 1. The molecular weight excluding hydrogens is 412 g/mol. The van der Waals surface area contributed by atoms with Gasteiger partial charge < -0.3 is 9.64 Å². The summed E-state index contributed by atoms with van der Waals surface area (Å²) in [6.07, 6.45) is 2.99. The van der Waals surface area contributed by atoms with Crippen molar-refractivity contribution in [1.82, 2.24) is 4.90 Å². The van der Waals surface area contributed by atoms with E-state index in [1.54, 1.807) is 31.3 Å². The van der Waals surface area contributed by atoms with Gasteiger partial charge in [0.05, 0.1) is 26.6 Å². The molecule has 0 bridgehead atoms. The first-order valence-corrected chi connectivity index (χ1v) is 7.92. The molecule has 0 aliphatic heterocycles. The molecule has 0 aromatic heterocycles. The van der Waals surface area contributed by atoms with Crippen LogP contribution in [0.5, 0.6) is 11.5 Å². The second kappa shape index (κ2) is 7.93. The summed E-state index contributed by atoms with van der Waals surface area (Å²) in [6, 6.07) is 5.73. The second-order valence-corrected chi connectivity index (χ2v) is 6.12. The van der Waals surface area contributed by atoms with Gasteiger partial charge in [-0.05, 0) is 40.3 Å². The Kier molecular flexibility index (Phi) is 5.90. The van der Waals surface area contributed by atoms with Crippen molar-refractivity contribution in [2.24, 2.45) is 0 Å². The molecule has 0 N–H and O–H groups in total. The first-order chi connectivity index (χ1) is 12.2. The van der Waals surface area contributed by atoms with Gasteiger partial charge >= 0.3 is 0 Å². The monoisotopic (exact) mass is 423 g/mol. The molecule has 0 aliphatic rings. The Bertz CT molecular complexity index is 940. The van der Waals surface area contributed by atoms with Crippen LogP contribution in [0.3, 0.4) is 0 Å². The van der Waals surface area contributed by atoms with Gasteiger partial charge in [0.1, 0.15) is 17.6 Å². The van der Waals surface area contributed by atoms with E-state index in [4.69, 9.17) is 10.00 Å². The maximum atomic E-state index is 14.4. The van der Waals surface area contributed by atoms with E-state index in [2.05, 4.69) is 15.9 Å². The summed E-state index contributed by atoms with van der Waals surface area (Å²) in [4.78, 5) is 12.2. The highest BCUT2D eigenvalue weighted by atomic mass is 79.9. The fourth-order valence-corrected chi connectivity index (χ4v) is 2.61. The van der Waals surface area contributed by atoms with E-state index in [9.17, 15) is 18.9 Å². The van der Waals surface area contributed by atoms with Crippen molar-refractivity contribution in [2.45, 2.75) is 0 Å². The molecule has 2 rings (SSSR count). The van der Waals surface area contributed by atoms with Crippen LogP contribution >= 0.6 is 15.9 Å². The van der Waals surface area contributed by atoms with Gasteiger partial charge in [-0.2, -0.15) is 5.26 Å². The van der Waals surface area contributed by atoms with Gasteiger partial charge in [-0.25, -0.2) is 8.78 Å². The molecule has 0 saturated carbocycles. The van der Waals surface area contributed by atoms with Crippen LogP contribution in [0.15, 0.2) is 34.9 Å². The average molecular weight is 424 g/mol. The van der Waals surface area contributed by atoms with Crippen molar-refractivity contribution in [3.63, 3.8) is 0 Å². The Hall–Kier alpha value is -2.99. The molecule has 0 aliphatic carbocycles. The van der Waals surface area contributed by atoms with Crippen molar-refractivity contribution < 1.29 is 18.4 Å². The van der Waals surface area contributed by atoms with Crippen LogP contribution in [-0.2, 0) is 0 Å². The lowest BCUT2D eigenvalue weighted by Crippen LogP contribution is -2.02. The number of hydrogen-bond acceptors (Lipinski definition) is 5. The molecule has 0 spiro atoms. The Morgan fingerprint density at radius 2 is 2.00 bits per heavy atom. The van der Waals surface area contributed by atoms with Crippen LogP contribution in [0.2, 0.25) is 0 Å².